The summed E-state index contributed by atoms with van der Waals surface area (Å²) >= 11 is 0. The van der Waals surface area contributed by atoms with Crippen molar-refractivity contribution in [3.05, 3.63) is 0 Å². The number of aliphatic imine (C=N–C) groups is 1. The van der Waals surface area contributed by atoms with Gasteiger partial charge in [-0.3, -0.25) is 4.99 Å². The Labute approximate surface area is 178 Å². The molecule has 1 atom stereocenters. The molecular formula is C20H42IN5. The molecule has 6 heteroatoms. The van der Waals surface area contributed by atoms with Crippen molar-refractivity contribution in [1.29, 1.82) is 0 Å². The number of likely N-dealkylation sites (tertiary alicyclic amines) is 2. The fourth-order valence-corrected chi connectivity index (χ4v) is 4.04. The van der Waals surface area contributed by atoms with Crippen LogP contribution in [0.3, 0.4) is 0 Å². The van der Waals surface area contributed by atoms with Crippen molar-refractivity contribution >= 4 is 29.9 Å². The maximum atomic E-state index is 4.78. The smallest absolute Gasteiger partial charge is 0.191 e. The minimum absolute atomic E-state index is 0. The first kappa shape index (κ1) is 24.0. The Kier molecular flexibility index (Phi) is 12.9. The standard InChI is InChI=1S/C20H41N5.HI/c1-4-21-20(23-13-9-19-10-16-24(3)17-11-19)22-12-7-15-25-14-6-5-8-18(25)2;/h18-19H,4-17H2,1-3H3,(H2,21,22,23);1H. The van der Waals surface area contributed by atoms with Gasteiger partial charge in [0.15, 0.2) is 5.96 Å². The van der Waals surface area contributed by atoms with E-state index in [1.807, 2.05) is 0 Å². The second-order valence-electron chi connectivity index (χ2n) is 7.96. The summed E-state index contributed by atoms with van der Waals surface area (Å²) in [4.78, 5) is 9.86. The number of nitrogens with one attached hydrogen (secondary N) is 2. The summed E-state index contributed by atoms with van der Waals surface area (Å²) in [5.41, 5.74) is 0. The molecule has 0 amide bonds. The molecule has 0 aliphatic carbocycles. The molecule has 2 aliphatic rings. The lowest BCUT2D eigenvalue weighted by atomic mass is 9.94. The van der Waals surface area contributed by atoms with E-state index in [9.17, 15) is 0 Å². The number of rotatable bonds is 8. The van der Waals surface area contributed by atoms with Crippen LogP contribution < -0.4 is 10.6 Å². The van der Waals surface area contributed by atoms with E-state index in [4.69, 9.17) is 4.99 Å². The van der Waals surface area contributed by atoms with Crippen molar-refractivity contribution < 1.29 is 0 Å². The maximum Gasteiger partial charge on any atom is 0.191 e. The predicted molar refractivity (Wildman–Crippen MR) is 124 cm³/mol. The highest BCUT2D eigenvalue weighted by molar-refractivity contribution is 14.0. The first-order chi connectivity index (χ1) is 12.2. The Bertz CT molecular complexity index is 382. The van der Waals surface area contributed by atoms with E-state index >= 15 is 0 Å². The van der Waals surface area contributed by atoms with Crippen molar-refractivity contribution in [2.24, 2.45) is 10.9 Å². The van der Waals surface area contributed by atoms with Gasteiger partial charge in [0.2, 0.25) is 0 Å². The Morgan fingerprint density at radius 3 is 2.54 bits per heavy atom. The molecule has 0 bridgehead atoms. The van der Waals surface area contributed by atoms with Gasteiger partial charge in [-0.25, -0.2) is 0 Å². The number of nitrogens with zero attached hydrogens (tertiary/aromatic N) is 3. The van der Waals surface area contributed by atoms with Crippen LogP contribution >= 0.6 is 24.0 Å². The van der Waals surface area contributed by atoms with Gasteiger partial charge >= 0.3 is 0 Å². The predicted octanol–water partition coefficient (Wildman–Crippen LogP) is 3.16. The topological polar surface area (TPSA) is 42.9 Å². The van der Waals surface area contributed by atoms with Crippen molar-refractivity contribution in [2.45, 2.75) is 64.8 Å². The van der Waals surface area contributed by atoms with Crippen LogP contribution in [0.25, 0.3) is 0 Å². The molecule has 2 heterocycles. The van der Waals surface area contributed by atoms with Gasteiger partial charge in [0, 0.05) is 32.2 Å². The molecule has 1 unspecified atom stereocenters. The third-order valence-electron chi connectivity index (χ3n) is 5.84. The molecule has 0 aromatic heterocycles. The summed E-state index contributed by atoms with van der Waals surface area (Å²) in [6.07, 6.45) is 9.26. The zero-order chi connectivity index (χ0) is 17.9. The summed E-state index contributed by atoms with van der Waals surface area (Å²) in [5, 5.41) is 6.93. The van der Waals surface area contributed by atoms with E-state index in [2.05, 4.69) is 41.3 Å². The average Bonchev–Trinajstić information content (AvgIpc) is 2.61. The highest BCUT2D eigenvalue weighted by Crippen LogP contribution is 2.18. The molecule has 2 fully saturated rings. The van der Waals surface area contributed by atoms with Gasteiger partial charge < -0.3 is 20.4 Å². The summed E-state index contributed by atoms with van der Waals surface area (Å²) in [5.74, 6) is 1.88. The van der Waals surface area contributed by atoms with Gasteiger partial charge in [0.1, 0.15) is 0 Å². The Hall–Kier alpha value is -0.0800. The lowest BCUT2D eigenvalue weighted by Gasteiger charge is -2.33. The monoisotopic (exact) mass is 479 g/mol. The highest BCUT2D eigenvalue weighted by atomic mass is 127. The second kappa shape index (κ2) is 14.0. The van der Waals surface area contributed by atoms with E-state index in [-0.39, 0.29) is 24.0 Å². The minimum Gasteiger partial charge on any atom is -0.357 e. The van der Waals surface area contributed by atoms with Crippen LogP contribution in [0.4, 0.5) is 0 Å². The van der Waals surface area contributed by atoms with Crippen LogP contribution in [-0.2, 0) is 0 Å². The van der Waals surface area contributed by atoms with E-state index in [1.54, 1.807) is 0 Å². The van der Waals surface area contributed by atoms with Crippen molar-refractivity contribution in [1.82, 2.24) is 20.4 Å². The molecule has 2 rings (SSSR count). The Morgan fingerprint density at radius 2 is 1.85 bits per heavy atom. The molecule has 2 N–H and O–H groups in total. The minimum atomic E-state index is 0. The molecule has 26 heavy (non-hydrogen) atoms. The lowest BCUT2D eigenvalue weighted by molar-refractivity contribution is 0.160. The third-order valence-corrected chi connectivity index (χ3v) is 5.84. The Balaban J connectivity index is 0.00000338. The molecule has 0 aromatic rings. The van der Waals surface area contributed by atoms with E-state index in [0.717, 1.165) is 44.0 Å². The fraction of sp³-hybridized carbons (Fsp3) is 0.950. The molecule has 0 radical (unpaired) electrons. The summed E-state index contributed by atoms with van der Waals surface area (Å²) < 4.78 is 0. The zero-order valence-electron chi connectivity index (χ0n) is 17.3. The molecule has 0 aromatic carbocycles. The molecule has 0 saturated carbocycles. The van der Waals surface area contributed by atoms with Gasteiger partial charge in [0.25, 0.3) is 0 Å². The zero-order valence-corrected chi connectivity index (χ0v) is 19.6. The van der Waals surface area contributed by atoms with E-state index < -0.39 is 0 Å². The number of piperidine rings is 2. The van der Waals surface area contributed by atoms with Crippen LogP contribution in [0.15, 0.2) is 4.99 Å². The molecule has 5 nitrogen and oxygen atoms in total. The largest absolute Gasteiger partial charge is 0.357 e. The first-order valence-electron chi connectivity index (χ1n) is 10.6. The van der Waals surface area contributed by atoms with Crippen LogP contribution in [0.1, 0.15) is 58.8 Å². The molecular weight excluding hydrogens is 437 g/mol. The van der Waals surface area contributed by atoms with Gasteiger partial charge in [0.05, 0.1) is 0 Å². The third kappa shape index (κ3) is 9.22. The summed E-state index contributed by atoms with van der Waals surface area (Å²) in [7, 11) is 2.23. The lowest BCUT2D eigenvalue weighted by Crippen LogP contribution is -2.40. The number of hydrogen-bond acceptors (Lipinski definition) is 3. The van der Waals surface area contributed by atoms with Crippen LogP contribution in [-0.4, -0.2) is 74.7 Å². The number of guanidine groups is 1. The maximum absolute atomic E-state index is 4.78. The van der Waals surface area contributed by atoms with Gasteiger partial charge in [-0.15, -0.1) is 24.0 Å². The normalized spacial score (nSPS) is 23.5. The molecule has 2 saturated heterocycles. The first-order valence-corrected chi connectivity index (χ1v) is 10.6. The number of hydrogen-bond donors (Lipinski definition) is 2. The number of halogens is 1. The average molecular weight is 479 g/mol. The van der Waals surface area contributed by atoms with Gasteiger partial charge in [-0.1, -0.05) is 6.42 Å². The van der Waals surface area contributed by atoms with Gasteiger partial charge in [-0.2, -0.15) is 0 Å². The SMILES string of the molecule is CCNC(=NCCCN1CCCCC1C)NCCC1CCN(C)CC1.I. The van der Waals surface area contributed by atoms with Crippen molar-refractivity contribution in [3.8, 4) is 0 Å². The molecule has 2 aliphatic heterocycles. The quantitative estimate of drug-likeness (QED) is 0.243. The Morgan fingerprint density at radius 1 is 1.08 bits per heavy atom. The highest BCUT2D eigenvalue weighted by Gasteiger charge is 2.17. The molecule has 154 valence electrons. The van der Waals surface area contributed by atoms with Crippen LogP contribution in [0.5, 0.6) is 0 Å². The summed E-state index contributed by atoms with van der Waals surface area (Å²) in [6.45, 7) is 12.4. The van der Waals surface area contributed by atoms with Gasteiger partial charge in [-0.05, 0) is 85.0 Å². The van der Waals surface area contributed by atoms with Crippen LogP contribution in [0.2, 0.25) is 0 Å². The van der Waals surface area contributed by atoms with E-state index in [1.165, 1.54) is 64.7 Å². The summed E-state index contributed by atoms with van der Waals surface area (Å²) in [6, 6.07) is 0.763. The van der Waals surface area contributed by atoms with Crippen molar-refractivity contribution in [3.63, 3.8) is 0 Å². The second-order valence-corrected chi connectivity index (χ2v) is 7.96. The van der Waals surface area contributed by atoms with Crippen molar-refractivity contribution in [2.75, 3.05) is 52.9 Å². The molecule has 0 spiro atoms. The van der Waals surface area contributed by atoms with E-state index in [0.29, 0.717) is 0 Å². The fourth-order valence-electron chi connectivity index (χ4n) is 4.04. The van der Waals surface area contributed by atoms with Crippen LogP contribution in [0, 0.1) is 5.92 Å².